The summed E-state index contributed by atoms with van der Waals surface area (Å²) in [4.78, 5) is 2.52. The van der Waals surface area contributed by atoms with Gasteiger partial charge in [-0.2, -0.15) is 0 Å². The van der Waals surface area contributed by atoms with E-state index in [2.05, 4.69) is 36.1 Å². The van der Waals surface area contributed by atoms with Crippen molar-refractivity contribution in [1.29, 1.82) is 0 Å². The first-order valence-corrected chi connectivity index (χ1v) is 6.21. The second-order valence-corrected chi connectivity index (χ2v) is 4.42. The summed E-state index contributed by atoms with van der Waals surface area (Å²) in [5.41, 5.74) is 2.96. The maximum Gasteiger partial charge on any atom is 0.0363 e. The Labute approximate surface area is 93.2 Å². The number of rotatable bonds is 2. The molecule has 0 N–H and O–H groups in total. The van der Waals surface area contributed by atoms with E-state index in [4.69, 9.17) is 0 Å². The molecule has 2 aliphatic rings. The van der Waals surface area contributed by atoms with E-state index in [0.717, 1.165) is 6.42 Å². The van der Waals surface area contributed by atoms with Crippen LogP contribution in [0.1, 0.15) is 39.0 Å². The molecule has 0 radical (unpaired) electrons. The summed E-state index contributed by atoms with van der Waals surface area (Å²) in [5, 5.41) is 0. The van der Waals surface area contributed by atoms with Gasteiger partial charge in [0.1, 0.15) is 0 Å². The van der Waals surface area contributed by atoms with E-state index in [1.165, 1.54) is 44.5 Å². The fourth-order valence-corrected chi connectivity index (χ4v) is 2.28. The molecule has 0 aromatic rings. The molecule has 1 heterocycles. The molecule has 1 heteroatoms. The molecule has 1 fully saturated rings. The van der Waals surface area contributed by atoms with Crippen molar-refractivity contribution in [2.24, 2.45) is 0 Å². The lowest BCUT2D eigenvalue weighted by Gasteiger charge is -2.29. The molecule has 1 saturated heterocycles. The summed E-state index contributed by atoms with van der Waals surface area (Å²) in [6, 6.07) is 0. The van der Waals surface area contributed by atoms with E-state index >= 15 is 0 Å². The Morgan fingerprint density at radius 3 is 2.67 bits per heavy atom. The topological polar surface area (TPSA) is 3.24 Å². The van der Waals surface area contributed by atoms with Gasteiger partial charge in [0.05, 0.1) is 0 Å². The average Bonchev–Trinajstić information content (AvgIpc) is 2.55. The van der Waals surface area contributed by atoms with Gasteiger partial charge in [0.15, 0.2) is 0 Å². The minimum absolute atomic E-state index is 1.13. The van der Waals surface area contributed by atoms with Gasteiger partial charge in [0.2, 0.25) is 0 Å². The average molecular weight is 203 g/mol. The molecule has 0 spiro atoms. The third-order valence-corrected chi connectivity index (χ3v) is 3.33. The molecule has 0 atom stereocenters. The van der Waals surface area contributed by atoms with Crippen LogP contribution < -0.4 is 0 Å². The van der Waals surface area contributed by atoms with E-state index in [0.29, 0.717) is 0 Å². The molecule has 0 amide bonds. The van der Waals surface area contributed by atoms with Crippen molar-refractivity contribution in [2.75, 3.05) is 13.1 Å². The van der Waals surface area contributed by atoms with Gasteiger partial charge in [-0.15, -0.1) is 0 Å². The Balaban J connectivity index is 2.07. The Kier molecular flexibility index (Phi) is 3.65. The lowest BCUT2D eigenvalue weighted by Crippen LogP contribution is -2.28. The highest BCUT2D eigenvalue weighted by atomic mass is 15.1. The second-order valence-electron chi connectivity index (χ2n) is 4.42. The van der Waals surface area contributed by atoms with Crippen LogP contribution in [-0.2, 0) is 0 Å². The standard InChI is InChI=1S/C14H21N/c1-2-13-7-6-8-14(10-9-13)15-11-4-3-5-12-15/h6,8-10H,2-5,7,11-12H2,1H3. The van der Waals surface area contributed by atoms with Crippen molar-refractivity contribution in [3.63, 3.8) is 0 Å². The Morgan fingerprint density at radius 2 is 1.93 bits per heavy atom. The van der Waals surface area contributed by atoms with Crippen LogP contribution in [0.4, 0.5) is 0 Å². The largest absolute Gasteiger partial charge is 0.372 e. The first-order chi connectivity index (χ1) is 7.40. The zero-order valence-corrected chi connectivity index (χ0v) is 9.71. The molecular formula is C14H21N. The smallest absolute Gasteiger partial charge is 0.0363 e. The van der Waals surface area contributed by atoms with Crippen LogP contribution in [-0.4, -0.2) is 18.0 Å². The Hall–Kier alpha value is -0.980. The molecule has 0 aromatic carbocycles. The van der Waals surface area contributed by atoms with Gasteiger partial charge in [-0.3, -0.25) is 0 Å². The fourth-order valence-electron chi connectivity index (χ4n) is 2.28. The van der Waals surface area contributed by atoms with E-state index in [9.17, 15) is 0 Å². The van der Waals surface area contributed by atoms with Crippen LogP contribution in [0.2, 0.25) is 0 Å². The zero-order valence-electron chi connectivity index (χ0n) is 9.71. The monoisotopic (exact) mass is 203 g/mol. The van der Waals surface area contributed by atoms with Crippen molar-refractivity contribution in [1.82, 2.24) is 4.90 Å². The van der Waals surface area contributed by atoms with Crippen molar-refractivity contribution in [3.8, 4) is 0 Å². The van der Waals surface area contributed by atoms with E-state index in [-0.39, 0.29) is 0 Å². The summed E-state index contributed by atoms with van der Waals surface area (Å²) in [7, 11) is 0. The van der Waals surface area contributed by atoms with Crippen molar-refractivity contribution in [3.05, 3.63) is 35.6 Å². The number of piperidine rings is 1. The van der Waals surface area contributed by atoms with E-state index in [1.807, 2.05) is 0 Å². The highest BCUT2D eigenvalue weighted by molar-refractivity contribution is 5.30. The highest BCUT2D eigenvalue weighted by Crippen LogP contribution is 2.20. The second kappa shape index (κ2) is 5.20. The molecular weight excluding hydrogens is 182 g/mol. The number of nitrogens with zero attached hydrogens (tertiary/aromatic N) is 1. The SMILES string of the molecule is CCC1=CC=C(N2CCCCC2)C=CC1. The molecule has 0 bridgehead atoms. The fraction of sp³-hybridized carbons (Fsp3) is 0.571. The van der Waals surface area contributed by atoms with Crippen LogP contribution in [0.25, 0.3) is 0 Å². The third kappa shape index (κ3) is 2.74. The third-order valence-electron chi connectivity index (χ3n) is 3.33. The predicted octanol–water partition coefficient (Wildman–Crippen LogP) is 3.65. The molecule has 0 unspecified atom stereocenters. The molecule has 1 nitrogen and oxygen atoms in total. The maximum absolute atomic E-state index is 2.52. The Morgan fingerprint density at radius 1 is 1.13 bits per heavy atom. The van der Waals surface area contributed by atoms with Gasteiger partial charge < -0.3 is 4.90 Å². The van der Waals surface area contributed by atoms with Gasteiger partial charge in [-0.25, -0.2) is 0 Å². The van der Waals surface area contributed by atoms with Crippen LogP contribution in [0, 0.1) is 0 Å². The van der Waals surface area contributed by atoms with Gasteiger partial charge in [0, 0.05) is 18.8 Å². The summed E-state index contributed by atoms with van der Waals surface area (Å²) in [6.45, 7) is 4.72. The van der Waals surface area contributed by atoms with Gasteiger partial charge in [0.25, 0.3) is 0 Å². The van der Waals surface area contributed by atoms with E-state index < -0.39 is 0 Å². The zero-order chi connectivity index (χ0) is 10.5. The summed E-state index contributed by atoms with van der Waals surface area (Å²) in [6.07, 6.45) is 15.6. The van der Waals surface area contributed by atoms with Crippen molar-refractivity contribution >= 4 is 0 Å². The van der Waals surface area contributed by atoms with Crippen LogP contribution >= 0.6 is 0 Å². The summed E-state index contributed by atoms with van der Waals surface area (Å²) < 4.78 is 0. The molecule has 0 aromatic heterocycles. The molecule has 1 aliphatic heterocycles. The lowest BCUT2D eigenvalue weighted by atomic mass is 10.1. The van der Waals surface area contributed by atoms with Gasteiger partial charge in [-0.05, 0) is 44.3 Å². The maximum atomic E-state index is 2.52. The minimum Gasteiger partial charge on any atom is -0.372 e. The first-order valence-electron chi connectivity index (χ1n) is 6.21. The molecule has 2 rings (SSSR count). The quantitative estimate of drug-likeness (QED) is 0.662. The molecule has 0 saturated carbocycles. The van der Waals surface area contributed by atoms with Gasteiger partial charge >= 0.3 is 0 Å². The normalized spacial score (nSPS) is 22.1. The lowest BCUT2D eigenvalue weighted by molar-refractivity contribution is 0.293. The molecule has 1 aliphatic carbocycles. The van der Waals surface area contributed by atoms with Crippen molar-refractivity contribution in [2.45, 2.75) is 39.0 Å². The van der Waals surface area contributed by atoms with Gasteiger partial charge in [-0.1, -0.05) is 24.6 Å². The Bertz CT molecular complexity index is 290. The summed E-state index contributed by atoms with van der Waals surface area (Å²) in [5.74, 6) is 0. The number of hydrogen-bond donors (Lipinski definition) is 0. The predicted molar refractivity (Wildman–Crippen MR) is 65.6 cm³/mol. The minimum atomic E-state index is 1.13. The molecule has 82 valence electrons. The van der Waals surface area contributed by atoms with Crippen LogP contribution in [0.5, 0.6) is 0 Å². The summed E-state index contributed by atoms with van der Waals surface area (Å²) >= 11 is 0. The number of allylic oxidation sites excluding steroid dienone is 5. The van der Waals surface area contributed by atoms with Crippen LogP contribution in [0.3, 0.4) is 0 Å². The molecule has 15 heavy (non-hydrogen) atoms. The highest BCUT2D eigenvalue weighted by Gasteiger charge is 2.11. The van der Waals surface area contributed by atoms with Crippen molar-refractivity contribution < 1.29 is 0 Å². The van der Waals surface area contributed by atoms with E-state index in [1.54, 1.807) is 5.57 Å². The first kappa shape index (κ1) is 10.5. The number of hydrogen-bond acceptors (Lipinski definition) is 1. The van der Waals surface area contributed by atoms with Crippen LogP contribution in [0.15, 0.2) is 35.6 Å². The number of likely N-dealkylation sites (tertiary alicyclic amines) is 1.